The monoisotopic (exact) mass is 216 g/mol. The van der Waals surface area contributed by atoms with Gasteiger partial charge in [-0.3, -0.25) is 4.79 Å². The molecule has 1 rings (SSSR count). The van der Waals surface area contributed by atoms with Gasteiger partial charge in [0.05, 0.1) is 12.0 Å². The van der Waals surface area contributed by atoms with Crippen molar-refractivity contribution in [1.82, 2.24) is 5.32 Å². The number of nitrogens with one attached hydrogen (secondary N) is 1. The maximum atomic E-state index is 11.5. The van der Waals surface area contributed by atoms with E-state index in [1.807, 2.05) is 0 Å². The van der Waals surface area contributed by atoms with Crippen molar-refractivity contribution in [3.63, 3.8) is 0 Å². The van der Waals surface area contributed by atoms with E-state index < -0.39 is 17.0 Å². The molecule has 86 valence electrons. The zero-order valence-electron chi connectivity index (χ0n) is 8.62. The van der Waals surface area contributed by atoms with Crippen LogP contribution in [0.3, 0.4) is 0 Å². The number of hydrogen-bond acceptors (Lipinski definition) is 4. The summed E-state index contributed by atoms with van der Waals surface area (Å²) in [5.41, 5.74) is 2.98. The molecule has 1 unspecified atom stereocenters. The lowest BCUT2D eigenvalue weighted by molar-refractivity contribution is -0.156. The Bertz CT molecular complexity index is 284. The normalized spacial score (nSPS) is 21.5. The van der Waals surface area contributed by atoms with Gasteiger partial charge in [0.25, 0.3) is 0 Å². The first-order chi connectivity index (χ1) is 6.84. The smallest absolute Gasteiger partial charge is 0.337 e. The topological polar surface area (TPSA) is 113 Å². The third kappa shape index (κ3) is 2.45. The number of aliphatic hydroxyl groups is 1. The summed E-state index contributed by atoms with van der Waals surface area (Å²) in [6.07, 6.45) is 1.45. The Morgan fingerprint density at radius 3 is 2.40 bits per heavy atom. The number of aliphatic carboxylic acids is 1. The van der Waals surface area contributed by atoms with E-state index >= 15 is 0 Å². The lowest BCUT2D eigenvalue weighted by Gasteiger charge is -2.20. The third-order valence-electron chi connectivity index (χ3n) is 2.78. The molecule has 15 heavy (non-hydrogen) atoms. The van der Waals surface area contributed by atoms with E-state index in [1.165, 1.54) is 0 Å². The molecule has 1 amide bonds. The van der Waals surface area contributed by atoms with Gasteiger partial charge in [-0.15, -0.1) is 0 Å². The van der Waals surface area contributed by atoms with E-state index in [1.54, 1.807) is 0 Å². The molecular formula is C9H16N2O4. The highest BCUT2D eigenvalue weighted by Crippen LogP contribution is 2.44. The van der Waals surface area contributed by atoms with Crippen molar-refractivity contribution in [1.29, 1.82) is 0 Å². The Morgan fingerprint density at radius 2 is 2.07 bits per heavy atom. The Balaban J connectivity index is 2.44. The molecule has 1 saturated carbocycles. The number of rotatable bonds is 5. The van der Waals surface area contributed by atoms with Crippen LogP contribution < -0.4 is 11.1 Å². The zero-order valence-corrected chi connectivity index (χ0v) is 8.62. The summed E-state index contributed by atoms with van der Waals surface area (Å²) >= 11 is 0. The van der Waals surface area contributed by atoms with Crippen molar-refractivity contribution in [2.24, 2.45) is 11.1 Å². The maximum Gasteiger partial charge on any atom is 0.337 e. The highest BCUT2D eigenvalue weighted by atomic mass is 16.4. The van der Waals surface area contributed by atoms with E-state index in [2.05, 4.69) is 5.32 Å². The van der Waals surface area contributed by atoms with Crippen LogP contribution >= 0.6 is 0 Å². The molecule has 0 heterocycles. The minimum atomic E-state index is -1.93. The maximum absolute atomic E-state index is 11.5. The van der Waals surface area contributed by atoms with E-state index in [0.29, 0.717) is 0 Å². The molecule has 5 N–H and O–H groups in total. The Labute approximate surface area is 87.5 Å². The van der Waals surface area contributed by atoms with Crippen LogP contribution in [0, 0.1) is 5.41 Å². The van der Waals surface area contributed by atoms with Crippen molar-refractivity contribution in [3.05, 3.63) is 0 Å². The summed E-state index contributed by atoms with van der Waals surface area (Å²) < 4.78 is 0. The molecule has 0 saturated heterocycles. The van der Waals surface area contributed by atoms with E-state index in [9.17, 15) is 14.7 Å². The second-order valence-electron chi connectivity index (χ2n) is 4.25. The summed E-state index contributed by atoms with van der Waals surface area (Å²) in [4.78, 5) is 22.1. The molecule has 1 aliphatic carbocycles. The Hall–Kier alpha value is -1.14. The minimum absolute atomic E-state index is 0.258. The van der Waals surface area contributed by atoms with Gasteiger partial charge in [0.1, 0.15) is 0 Å². The molecule has 0 bridgehead atoms. The summed E-state index contributed by atoms with van der Waals surface area (Å²) in [6, 6.07) is 0. The van der Waals surface area contributed by atoms with Gasteiger partial charge in [0, 0.05) is 6.54 Å². The molecule has 0 aliphatic heterocycles. The molecule has 0 spiro atoms. The van der Waals surface area contributed by atoms with Gasteiger partial charge in [0.2, 0.25) is 5.91 Å². The Morgan fingerprint density at radius 1 is 1.53 bits per heavy atom. The second kappa shape index (κ2) is 3.79. The van der Waals surface area contributed by atoms with Crippen molar-refractivity contribution in [2.45, 2.75) is 25.4 Å². The van der Waals surface area contributed by atoms with Gasteiger partial charge < -0.3 is 21.3 Å². The largest absolute Gasteiger partial charge is 0.479 e. The van der Waals surface area contributed by atoms with Crippen molar-refractivity contribution >= 4 is 11.9 Å². The summed E-state index contributed by atoms with van der Waals surface area (Å²) in [5, 5.41) is 20.4. The van der Waals surface area contributed by atoms with E-state index in [4.69, 9.17) is 10.8 Å². The molecule has 1 aliphatic rings. The van der Waals surface area contributed by atoms with Crippen LogP contribution in [0.2, 0.25) is 0 Å². The first-order valence-electron chi connectivity index (χ1n) is 4.78. The van der Waals surface area contributed by atoms with Gasteiger partial charge in [-0.25, -0.2) is 4.79 Å². The molecule has 0 radical (unpaired) electrons. The Kier molecular flexibility index (Phi) is 3.01. The summed E-state index contributed by atoms with van der Waals surface area (Å²) in [5.74, 6) is -1.63. The van der Waals surface area contributed by atoms with Crippen LogP contribution in [0.4, 0.5) is 0 Å². The molecule has 1 atom stereocenters. The van der Waals surface area contributed by atoms with Crippen molar-refractivity contribution in [3.8, 4) is 0 Å². The van der Waals surface area contributed by atoms with Crippen LogP contribution in [0.1, 0.15) is 19.8 Å². The summed E-state index contributed by atoms with van der Waals surface area (Å²) in [6.45, 7) is 1.09. The first kappa shape index (κ1) is 11.9. The predicted octanol–water partition coefficient (Wildman–Crippen LogP) is -1.32. The van der Waals surface area contributed by atoms with Crippen LogP contribution in [-0.4, -0.2) is 40.8 Å². The predicted molar refractivity (Wildman–Crippen MR) is 52.0 cm³/mol. The number of hydrogen-bond donors (Lipinski definition) is 4. The molecule has 0 aromatic heterocycles. The highest BCUT2D eigenvalue weighted by molar-refractivity contribution is 5.86. The molecule has 0 aromatic carbocycles. The van der Waals surface area contributed by atoms with Crippen LogP contribution in [-0.2, 0) is 9.59 Å². The molecule has 0 aromatic rings. The average molecular weight is 216 g/mol. The highest BCUT2D eigenvalue weighted by Gasteiger charge is 2.49. The lowest BCUT2D eigenvalue weighted by atomic mass is 10.0. The fourth-order valence-corrected chi connectivity index (χ4v) is 1.19. The summed E-state index contributed by atoms with van der Waals surface area (Å²) in [7, 11) is 0. The number of carbonyl (C=O) groups excluding carboxylic acids is 1. The van der Waals surface area contributed by atoms with Crippen LogP contribution in [0.5, 0.6) is 0 Å². The number of carbonyl (C=O) groups is 2. The SMILES string of the molecule is CC(O)(CNC(=O)C1(CN)CC1)C(=O)O. The van der Waals surface area contributed by atoms with Gasteiger partial charge >= 0.3 is 5.97 Å². The molecular weight excluding hydrogens is 200 g/mol. The van der Waals surface area contributed by atoms with Gasteiger partial charge in [-0.2, -0.15) is 0 Å². The van der Waals surface area contributed by atoms with Crippen LogP contribution in [0.15, 0.2) is 0 Å². The third-order valence-corrected chi connectivity index (χ3v) is 2.78. The van der Waals surface area contributed by atoms with Crippen LogP contribution in [0.25, 0.3) is 0 Å². The van der Waals surface area contributed by atoms with Gasteiger partial charge in [0.15, 0.2) is 5.60 Å². The van der Waals surface area contributed by atoms with Crippen molar-refractivity contribution < 1.29 is 19.8 Å². The molecule has 6 nitrogen and oxygen atoms in total. The number of carboxylic acid groups (broad SMARTS) is 1. The van der Waals surface area contributed by atoms with E-state index in [-0.39, 0.29) is 19.0 Å². The van der Waals surface area contributed by atoms with Gasteiger partial charge in [-0.05, 0) is 19.8 Å². The fourth-order valence-electron chi connectivity index (χ4n) is 1.19. The second-order valence-corrected chi connectivity index (χ2v) is 4.25. The number of carboxylic acids is 1. The fraction of sp³-hybridized carbons (Fsp3) is 0.778. The molecule has 1 fully saturated rings. The zero-order chi connectivity index (χ0) is 11.7. The number of amides is 1. The van der Waals surface area contributed by atoms with Crippen molar-refractivity contribution in [2.75, 3.05) is 13.1 Å². The standard InChI is InChI=1S/C9H16N2O4/c1-8(15,7(13)14)5-11-6(12)9(4-10)2-3-9/h15H,2-5,10H2,1H3,(H,11,12)(H,13,14). The molecule has 6 heteroatoms. The van der Waals surface area contributed by atoms with E-state index in [0.717, 1.165) is 19.8 Å². The quantitative estimate of drug-likeness (QED) is 0.455. The van der Waals surface area contributed by atoms with Gasteiger partial charge in [-0.1, -0.05) is 0 Å². The lowest BCUT2D eigenvalue weighted by Crippen LogP contribution is -2.49. The first-order valence-corrected chi connectivity index (χ1v) is 4.78. The average Bonchev–Trinajstić information content (AvgIpc) is 2.94. The minimum Gasteiger partial charge on any atom is -0.479 e. The number of nitrogens with two attached hydrogens (primary N) is 1.